The van der Waals surface area contributed by atoms with Gasteiger partial charge in [0, 0.05) is 12.2 Å². The standard InChI is InChI=1S/C14H21N3/c1-2-5-12(6-3-1)17-10-4-7-14(17)13-8-9-15-11-16-13/h8-9,11-12,14H,1-7,10H2. The lowest BCUT2D eigenvalue weighted by Gasteiger charge is -2.35. The van der Waals surface area contributed by atoms with Gasteiger partial charge < -0.3 is 0 Å². The quantitative estimate of drug-likeness (QED) is 0.783. The zero-order valence-electron chi connectivity index (χ0n) is 10.4. The van der Waals surface area contributed by atoms with E-state index in [0.717, 1.165) is 6.04 Å². The van der Waals surface area contributed by atoms with Crippen LogP contribution < -0.4 is 0 Å². The van der Waals surface area contributed by atoms with Crippen molar-refractivity contribution in [2.75, 3.05) is 6.54 Å². The predicted molar refractivity (Wildman–Crippen MR) is 67.6 cm³/mol. The summed E-state index contributed by atoms with van der Waals surface area (Å²) in [7, 11) is 0. The van der Waals surface area contributed by atoms with Crippen molar-refractivity contribution in [3.63, 3.8) is 0 Å². The lowest BCUT2D eigenvalue weighted by atomic mass is 9.93. The summed E-state index contributed by atoms with van der Waals surface area (Å²) in [6, 6.07) is 3.46. The van der Waals surface area contributed by atoms with Crippen molar-refractivity contribution < 1.29 is 0 Å². The van der Waals surface area contributed by atoms with E-state index in [0.29, 0.717) is 6.04 Å². The second kappa shape index (κ2) is 5.13. The molecule has 1 saturated carbocycles. The van der Waals surface area contributed by atoms with Gasteiger partial charge in [0.1, 0.15) is 6.33 Å². The SMILES string of the molecule is c1cc(C2CCCN2C2CCCCC2)ncn1. The Bertz CT molecular complexity index is 346. The second-order valence-corrected chi connectivity index (χ2v) is 5.32. The van der Waals surface area contributed by atoms with Crippen LogP contribution in [0.1, 0.15) is 56.7 Å². The molecule has 0 N–H and O–H groups in total. The third-order valence-corrected chi connectivity index (χ3v) is 4.28. The Morgan fingerprint density at radius 1 is 1.06 bits per heavy atom. The maximum Gasteiger partial charge on any atom is 0.115 e. The Morgan fingerprint density at radius 3 is 2.71 bits per heavy atom. The molecular weight excluding hydrogens is 210 g/mol. The number of likely N-dealkylation sites (tertiary alicyclic amines) is 1. The van der Waals surface area contributed by atoms with Crippen LogP contribution in [0.5, 0.6) is 0 Å². The fourth-order valence-electron chi connectivity index (χ4n) is 3.45. The van der Waals surface area contributed by atoms with Crippen LogP contribution in [0, 0.1) is 0 Å². The van der Waals surface area contributed by atoms with Gasteiger partial charge in [0.15, 0.2) is 0 Å². The molecule has 92 valence electrons. The number of hydrogen-bond acceptors (Lipinski definition) is 3. The number of nitrogens with zero attached hydrogens (tertiary/aromatic N) is 3. The Labute approximate surface area is 103 Å². The summed E-state index contributed by atoms with van der Waals surface area (Å²) < 4.78 is 0. The molecule has 1 aromatic rings. The summed E-state index contributed by atoms with van der Waals surface area (Å²) in [5.74, 6) is 0. The van der Waals surface area contributed by atoms with Gasteiger partial charge in [-0.25, -0.2) is 9.97 Å². The lowest BCUT2D eigenvalue weighted by Crippen LogP contribution is -2.36. The van der Waals surface area contributed by atoms with E-state index in [1.807, 2.05) is 6.20 Å². The molecule has 2 heterocycles. The van der Waals surface area contributed by atoms with Crippen LogP contribution in [-0.2, 0) is 0 Å². The van der Waals surface area contributed by atoms with Crippen molar-refractivity contribution in [1.29, 1.82) is 0 Å². The van der Waals surface area contributed by atoms with Gasteiger partial charge in [0.25, 0.3) is 0 Å². The molecule has 2 aliphatic rings. The second-order valence-electron chi connectivity index (χ2n) is 5.32. The third-order valence-electron chi connectivity index (χ3n) is 4.28. The summed E-state index contributed by atoms with van der Waals surface area (Å²) in [6.07, 6.45) is 13.2. The highest BCUT2D eigenvalue weighted by molar-refractivity contribution is 5.08. The van der Waals surface area contributed by atoms with Crippen molar-refractivity contribution >= 4 is 0 Å². The predicted octanol–water partition coefficient (Wildman–Crippen LogP) is 2.95. The topological polar surface area (TPSA) is 29.0 Å². The van der Waals surface area contributed by atoms with E-state index in [4.69, 9.17) is 0 Å². The number of aromatic nitrogens is 2. The van der Waals surface area contributed by atoms with E-state index in [2.05, 4.69) is 20.9 Å². The van der Waals surface area contributed by atoms with Gasteiger partial charge in [0.2, 0.25) is 0 Å². The normalized spacial score (nSPS) is 27.4. The largest absolute Gasteiger partial charge is 0.292 e. The maximum atomic E-state index is 4.45. The molecule has 2 fully saturated rings. The summed E-state index contributed by atoms with van der Waals surface area (Å²) in [5.41, 5.74) is 1.23. The molecule has 1 unspecified atom stereocenters. The number of hydrogen-bond donors (Lipinski definition) is 0. The van der Waals surface area contributed by atoms with E-state index in [1.54, 1.807) is 6.33 Å². The highest BCUT2D eigenvalue weighted by atomic mass is 15.2. The molecule has 0 bridgehead atoms. The third kappa shape index (κ3) is 2.34. The molecule has 3 heteroatoms. The molecule has 1 aliphatic carbocycles. The maximum absolute atomic E-state index is 4.45. The van der Waals surface area contributed by atoms with Crippen LogP contribution in [0.25, 0.3) is 0 Å². The van der Waals surface area contributed by atoms with Gasteiger partial charge in [-0.15, -0.1) is 0 Å². The first-order chi connectivity index (χ1) is 8.45. The van der Waals surface area contributed by atoms with Crippen molar-refractivity contribution in [2.24, 2.45) is 0 Å². The van der Waals surface area contributed by atoms with Crippen LogP contribution in [0.4, 0.5) is 0 Å². The van der Waals surface area contributed by atoms with Crippen molar-refractivity contribution in [3.8, 4) is 0 Å². The molecule has 3 nitrogen and oxygen atoms in total. The van der Waals surface area contributed by atoms with Crippen LogP contribution in [0.15, 0.2) is 18.6 Å². The van der Waals surface area contributed by atoms with Crippen molar-refractivity contribution in [3.05, 3.63) is 24.3 Å². The molecule has 1 atom stereocenters. The molecule has 1 saturated heterocycles. The first-order valence-electron chi connectivity index (χ1n) is 6.97. The average molecular weight is 231 g/mol. The van der Waals surface area contributed by atoms with E-state index < -0.39 is 0 Å². The average Bonchev–Trinajstić information content (AvgIpc) is 2.90. The van der Waals surface area contributed by atoms with Gasteiger partial charge in [0.05, 0.1) is 11.7 Å². The molecule has 17 heavy (non-hydrogen) atoms. The van der Waals surface area contributed by atoms with Crippen LogP contribution in [-0.4, -0.2) is 27.5 Å². The molecule has 0 spiro atoms. The van der Waals surface area contributed by atoms with Gasteiger partial charge in [-0.05, 0) is 38.3 Å². The fraction of sp³-hybridized carbons (Fsp3) is 0.714. The van der Waals surface area contributed by atoms with E-state index in [-0.39, 0.29) is 0 Å². The summed E-state index contributed by atoms with van der Waals surface area (Å²) in [4.78, 5) is 11.2. The summed E-state index contributed by atoms with van der Waals surface area (Å²) >= 11 is 0. The molecule has 0 aromatic carbocycles. The zero-order chi connectivity index (χ0) is 11.5. The minimum absolute atomic E-state index is 0.557. The molecule has 1 aromatic heterocycles. The minimum Gasteiger partial charge on any atom is -0.292 e. The van der Waals surface area contributed by atoms with E-state index in [9.17, 15) is 0 Å². The van der Waals surface area contributed by atoms with E-state index in [1.165, 1.54) is 57.2 Å². The zero-order valence-corrected chi connectivity index (χ0v) is 10.4. The molecule has 0 amide bonds. The molecule has 1 aliphatic heterocycles. The lowest BCUT2D eigenvalue weighted by molar-refractivity contribution is 0.140. The smallest absolute Gasteiger partial charge is 0.115 e. The summed E-state index contributed by atoms with van der Waals surface area (Å²) in [6.45, 7) is 1.26. The van der Waals surface area contributed by atoms with Crippen LogP contribution >= 0.6 is 0 Å². The first kappa shape index (κ1) is 11.1. The highest BCUT2D eigenvalue weighted by Gasteiger charge is 2.32. The van der Waals surface area contributed by atoms with Gasteiger partial charge in [-0.1, -0.05) is 19.3 Å². The van der Waals surface area contributed by atoms with Crippen molar-refractivity contribution in [1.82, 2.24) is 14.9 Å². The van der Waals surface area contributed by atoms with Gasteiger partial charge in [-0.3, -0.25) is 4.90 Å². The number of rotatable bonds is 2. The fourth-order valence-corrected chi connectivity index (χ4v) is 3.45. The van der Waals surface area contributed by atoms with Crippen molar-refractivity contribution in [2.45, 2.75) is 57.0 Å². The Balaban J connectivity index is 1.75. The molecule has 0 radical (unpaired) electrons. The Hall–Kier alpha value is -0.960. The monoisotopic (exact) mass is 231 g/mol. The van der Waals surface area contributed by atoms with Crippen LogP contribution in [0.3, 0.4) is 0 Å². The van der Waals surface area contributed by atoms with E-state index >= 15 is 0 Å². The Morgan fingerprint density at radius 2 is 1.94 bits per heavy atom. The van der Waals surface area contributed by atoms with Gasteiger partial charge >= 0.3 is 0 Å². The summed E-state index contributed by atoms with van der Waals surface area (Å²) in [5, 5.41) is 0. The van der Waals surface area contributed by atoms with Crippen LogP contribution in [0.2, 0.25) is 0 Å². The highest BCUT2D eigenvalue weighted by Crippen LogP contribution is 2.36. The minimum atomic E-state index is 0.557. The molecule has 3 rings (SSSR count). The Kier molecular flexibility index (Phi) is 3.36. The first-order valence-corrected chi connectivity index (χ1v) is 6.97. The van der Waals surface area contributed by atoms with Gasteiger partial charge in [-0.2, -0.15) is 0 Å². The molecular formula is C14H21N3.